The first-order valence-electron chi connectivity index (χ1n) is 8.95. The fraction of sp³-hybridized carbons (Fsp3) is 0.316. The fourth-order valence-corrected chi connectivity index (χ4v) is 3.95. The van der Waals surface area contributed by atoms with Crippen LogP contribution in [0.25, 0.3) is 0 Å². The van der Waals surface area contributed by atoms with Crippen LogP contribution in [-0.4, -0.2) is 39.3 Å². The van der Waals surface area contributed by atoms with Gasteiger partial charge in [0.25, 0.3) is 15.9 Å². The zero-order valence-electron chi connectivity index (χ0n) is 16.0. The van der Waals surface area contributed by atoms with Gasteiger partial charge in [-0.05, 0) is 44.5 Å². The molecule has 0 bridgehead atoms. The second kappa shape index (κ2) is 8.48. The van der Waals surface area contributed by atoms with Crippen LogP contribution in [0, 0.1) is 13.8 Å². The molecule has 10 heteroatoms. The van der Waals surface area contributed by atoms with Crippen molar-refractivity contribution in [1.29, 1.82) is 0 Å². The highest BCUT2D eigenvalue weighted by Crippen LogP contribution is 2.17. The van der Waals surface area contributed by atoms with Crippen molar-refractivity contribution in [2.75, 3.05) is 18.5 Å². The van der Waals surface area contributed by atoms with Crippen molar-refractivity contribution in [2.45, 2.75) is 31.6 Å². The number of aryl methyl sites for hydroxylation is 2. The van der Waals surface area contributed by atoms with Gasteiger partial charge in [-0.1, -0.05) is 6.07 Å². The van der Waals surface area contributed by atoms with Gasteiger partial charge in [-0.2, -0.15) is 0 Å². The molecule has 2 heterocycles. The molecule has 3 rings (SSSR count). The zero-order valence-corrected chi connectivity index (χ0v) is 16.8. The molecule has 2 N–H and O–H groups in total. The Morgan fingerprint density at radius 2 is 2.03 bits per heavy atom. The van der Waals surface area contributed by atoms with Crippen LogP contribution in [0.2, 0.25) is 0 Å². The average Bonchev–Trinajstić information content (AvgIpc) is 3.28. The Hall–Kier alpha value is -3.14. The number of rotatable bonds is 6. The summed E-state index contributed by atoms with van der Waals surface area (Å²) in [5, 5.41) is 2.51. The maximum Gasteiger partial charge on any atom is 0.342 e. The lowest BCUT2D eigenvalue weighted by Gasteiger charge is -2.10. The van der Waals surface area contributed by atoms with Crippen LogP contribution in [-0.2, 0) is 19.6 Å². The number of esters is 1. The number of carbonyl (C=O) groups is 2. The van der Waals surface area contributed by atoms with Crippen molar-refractivity contribution < 1.29 is 27.2 Å². The first-order valence-corrected chi connectivity index (χ1v) is 10.4. The Morgan fingerprint density at radius 3 is 2.69 bits per heavy atom. The van der Waals surface area contributed by atoms with Crippen molar-refractivity contribution in [3.8, 4) is 0 Å². The Labute approximate surface area is 168 Å². The predicted octanol–water partition coefficient (Wildman–Crippen LogP) is 2.16. The summed E-state index contributed by atoms with van der Waals surface area (Å²) in [5.74, 6) is 0.127. The molecule has 0 radical (unpaired) electrons. The second-order valence-corrected chi connectivity index (χ2v) is 8.20. The van der Waals surface area contributed by atoms with Gasteiger partial charge in [-0.15, -0.1) is 0 Å². The smallest absolute Gasteiger partial charge is 0.342 e. The maximum atomic E-state index is 12.4. The van der Waals surface area contributed by atoms with E-state index in [1.54, 1.807) is 13.8 Å². The minimum Gasteiger partial charge on any atom is -0.466 e. The summed E-state index contributed by atoms with van der Waals surface area (Å²) in [5.41, 5.74) is 0.516. The summed E-state index contributed by atoms with van der Waals surface area (Å²) in [6, 6.07) is 7.31. The number of sulfonamides is 1. The van der Waals surface area contributed by atoms with Crippen LogP contribution in [0.15, 0.2) is 44.6 Å². The average molecular weight is 419 g/mol. The Balaban J connectivity index is 1.60. The quantitative estimate of drug-likeness (QED) is 0.691. The fourth-order valence-electron chi connectivity index (χ4n) is 2.82. The van der Waals surface area contributed by atoms with Crippen molar-refractivity contribution in [1.82, 2.24) is 4.72 Å². The van der Waals surface area contributed by atoms with E-state index in [1.165, 1.54) is 30.3 Å². The van der Waals surface area contributed by atoms with E-state index in [9.17, 15) is 18.0 Å². The van der Waals surface area contributed by atoms with E-state index < -0.39 is 28.5 Å². The van der Waals surface area contributed by atoms with E-state index in [2.05, 4.69) is 15.0 Å². The van der Waals surface area contributed by atoms with Crippen LogP contribution >= 0.6 is 0 Å². The number of hydrogen-bond donors (Lipinski definition) is 2. The number of nitrogens with one attached hydrogen (secondary N) is 2. The molecule has 0 saturated carbocycles. The number of amidine groups is 1. The van der Waals surface area contributed by atoms with Crippen LogP contribution in [0.1, 0.15) is 34.7 Å². The van der Waals surface area contributed by atoms with E-state index in [0.717, 1.165) is 6.42 Å². The number of amides is 1. The van der Waals surface area contributed by atoms with Gasteiger partial charge in [-0.25, -0.2) is 13.2 Å². The third-order valence-electron chi connectivity index (χ3n) is 4.15. The molecule has 1 aromatic carbocycles. The molecule has 0 unspecified atom stereocenters. The Bertz CT molecular complexity index is 1070. The van der Waals surface area contributed by atoms with Gasteiger partial charge in [0.15, 0.2) is 6.61 Å². The summed E-state index contributed by atoms with van der Waals surface area (Å²) in [4.78, 5) is 28.2. The number of furan rings is 1. The predicted molar refractivity (Wildman–Crippen MR) is 105 cm³/mol. The van der Waals surface area contributed by atoms with E-state index in [4.69, 9.17) is 9.15 Å². The van der Waals surface area contributed by atoms with Crippen LogP contribution < -0.4 is 10.0 Å². The molecule has 0 spiro atoms. The van der Waals surface area contributed by atoms with Crippen LogP contribution in [0.5, 0.6) is 0 Å². The van der Waals surface area contributed by atoms with E-state index in [1.807, 2.05) is 0 Å². The van der Waals surface area contributed by atoms with Crippen molar-refractivity contribution in [3.63, 3.8) is 0 Å². The van der Waals surface area contributed by atoms with E-state index >= 15 is 0 Å². The van der Waals surface area contributed by atoms with Crippen LogP contribution in [0.3, 0.4) is 0 Å². The standard InChI is InChI=1S/C19H21N3O6S/c1-12-9-16(13(2)28-12)19(24)27-11-18(23)21-14-5-3-6-15(10-14)29(25,26)22-17-7-4-8-20-17/h3,5-6,9-10H,4,7-8,11H2,1-2H3,(H,20,22)(H,21,23). The van der Waals surface area contributed by atoms with Gasteiger partial charge < -0.3 is 14.5 Å². The summed E-state index contributed by atoms with van der Waals surface area (Å²) in [6.07, 6.45) is 1.39. The minimum absolute atomic E-state index is 0.00797. The molecular weight excluding hydrogens is 398 g/mol. The van der Waals surface area contributed by atoms with Crippen molar-refractivity contribution in [2.24, 2.45) is 4.99 Å². The molecule has 154 valence electrons. The maximum absolute atomic E-state index is 12.4. The molecule has 9 nitrogen and oxygen atoms in total. The first-order chi connectivity index (χ1) is 13.7. The number of benzene rings is 1. The van der Waals surface area contributed by atoms with Gasteiger partial charge in [0.05, 0.1) is 4.90 Å². The molecule has 1 aliphatic rings. The molecule has 0 saturated heterocycles. The Kier molecular flexibility index (Phi) is 6.02. The summed E-state index contributed by atoms with van der Waals surface area (Å²) in [6.45, 7) is 3.41. The minimum atomic E-state index is -3.79. The number of hydrogen-bond acceptors (Lipinski definition) is 7. The topological polar surface area (TPSA) is 127 Å². The number of anilines is 1. The van der Waals surface area contributed by atoms with E-state index in [-0.39, 0.29) is 16.1 Å². The lowest BCUT2D eigenvalue weighted by molar-refractivity contribution is -0.119. The highest BCUT2D eigenvalue weighted by Gasteiger charge is 2.19. The molecular formula is C19H21N3O6S. The lowest BCUT2D eigenvalue weighted by atomic mass is 10.2. The summed E-state index contributed by atoms with van der Waals surface area (Å²) < 4.78 is 37.6. The molecule has 2 aromatic rings. The Morgan fingerprint density at radius 1 is 1.24 bits per heavy atom. The van der Waals surface area contributed by atoms with Gasteiger partial charge in [0, 0.05) is 18.7 Å². The van der Waals surface area contributed by atoms with Crippen LogP contribution in [0.4, 0.5) is 5.69 Å². The molecule has 1 aromatic heterocycles. The third-order valence-corrected chi connectivity index (χ3v) is 5.53. The SMILES string of the molecule is Cc1cc(C(=O)OCC(=O)Nc2cccc(S(=O)(=O)NC3=NCCC3)c2)c(C)o1. The highest BCUT2D eigenvalue weighted by molar-refractivity contribution is 7.90. The molecule has 29 heavy (non-hydrogen) atoms. The number of aliphatic imine (C=N–C) groups is 1. The van der Waals surface area contributed by atoms with Gasteiger partial charge >= 0.3 is 5.97 Å². The summed E-state index contributed by atoms with van der Waals surface area (Å²) in [7, 11) is -3.79. The lowest BCUT2D eigenvalue weighted by Crippen LogP contribution is -2.29. The number of ether oxygens (including phenoxy) is 1. The van der Waals surface area contributed by atoms with E-state index in [0.29, 0.717) is 30.3 Å². The number of nitrogens with zero attached hydrogens (tertiary/aromatic N) is 1. The third kappa shape index (κ3) is 5.23. The summed E-state index contributed by atoms with van der Waals surface area (Å²) >= 11 is 0. The molecule has 1 amide bonds. The largest absolute Gasteiger partial charge is 0.466 e. The van der Waals surface area contributed by atoms with Gasteiger partial charge in [0.1, 0.15) is 22.9 Å². The monoisotopic (exact) mass is 419 g/mol. The normalized spacial score (nSPS) is 13.7. The van der Waals surface area contributed by atoms with Gasteiger partial charge in [-0.3, -0.25) is 14.5 Å². The molecule has 0 fully saturated rings. The molecule has 1 aliphatic heterocycles. The van der Waals surface area contributed by atoms with Crippen molar-refractivity contribution in [3.05, 3.63) is 47.4 Å². The highest BCUT2D eigenvalue weighted by atomic mass is 32.2. The molecule has 0 atom stereocenters. The van der Waals surface area contributed by atoms with Gasteiger partial charge in [0.2, 0.25) is 0 Å². The van der Waals surface area contributed by atoms with Crippen molar-refractivity contribution >= 4 is 33.4 Å². The molecule has 0 aliphatic carbocycles. The first kappa shape index (κ1) is 20.6. The zero-order chi connectivity index (χ0) is 21.0. The number of carbonyl (C=O) groups excluding carboxylic acids is 2. The second-order valence-electron chi connectivity index (χ2n) is 6.52.